The lowest BCUT2D eigenvalue weighted by Crippen LogP contribution is -2.33. The number of carbonyl (C=O) groups excluding carboxylic acids is 1. The monoisotopic (exact) mass is 343 g/mol. The molecule has 136 valence electrons. The molecule has 3 rings (SSSR count). The Bertz CT molecular complexity index is 738. The summed E-state index contributed by atoms with van der Waals surface area (Å²) in [7, 11) is 0. The zero-order valence-corrected chi connectivity index (χ0v) is 15.5. The molecule has 0 bridgehead atoms. The molecule has 0 unspecified atom stereocenters. The van der Waals surface area contributed by atoms with Crippen LogP contribution < -0.4 is 5.32 Å². The van der Waals surface area contributed by atoms with Gasteiger partial charge in [-0.25, -0.2) is 4.98 Å². The highest BCUT2D eigenvalue weighted by molar-refractivity contribution is 6.00. The fraction of sp³-hybridized carbons (Fsp3) is 0.600. The molecular formula is C20H29N3O2. The molecule has 0 saturated heterocycles. The molecule has 5 nitrogen and oxygen atoms in total. The van der Waals surface area contributed by atoms with Gasteiger partial charge in [0.15, 0.2) is 0 Å². The second-order valence-electron chi connectivity index (χ2n) is 7.15. The molecule has 25 heavy (non-hydrogen) atoms. The Morgan fingerprint density at radius 3 is 3.00 bits per heavy atom. The number of aromatic nitrogens is 2. The molecule has 5 heteroatoms. The highest BCUT2D eigenvalue weighted by atomic mass is 16.5. The molecule has 2 atom stereocenters. The summed E-state index contributed by atoms with van der Waals surface area (Å²) in [5, 5.41) is 3.17. The average Bonchev–Trinajstić information content (AvgIpc) is 3.18. The minimum absolute atomic E-state index is 0.0309. The molecule has 1 amide bonds. The largest absolute Gasteiger partial charge is 0.378 e. The lowest BCUT2D eigenvalue weighted by molar-refractivity contribution is 0.0540. The van der Waals surface area contributed by atoms with Crippen LogP contribution in [0.15, 0.2) is 18.3 Å². The number of ether oxygens (including phenoxy) is 1. The highest BCUT2D eigenvalue weighted by Gasteiger charge is 2.27. The second kappa shape index (κ2) is 8.00. The maximum absolute atomic E-state index is 12.7. The van der Waals surface area contributed by atoms with Gasteiger partial charge in [-0.1, -0.05) is 19.8 Å². The summed E-state index contributed by atoms with van der Waals surface area (Å²) in [5.41, 5.74) is 3.40. The minimum atomic E-state index is -0.0309. The van der Waals surface area contributed by atoms with Crippen LogP contribution in [0.3, 0.4) is 0 Å². The van der Waals surface area contributed by atoms with Crippen LogP contribution in [0.4, 0.5) is 0 Å². The van der Waals surface area contributed by atoms with Gasteiger partial charge in [0.2, 0.25) is 0 Å². The van der Waals surface area contributed by atoms with Gasteiger partial charge < -0.3 is 14.5 Å². The third-order valence-electron chi connectivity index (χ3n) is 5.01. The van der Waals surface area contributed by atoms with Gasteiger partial charge in [0.1, 0.15) is 5.65 Å². The van der Waals surface area contributed by atoms with Crippen molar-refractivity contribution in [3.63, 3.8) is 0 Å². The molecule has 1 N–H and O–H groups in total. The lowest BCUT2D eigenvalue weighted by atomic mass is 10.2. The average molecular weight is 343 g/mol. The van der Waals surface area contributed by atoms with Crippen LogP contribution >= 0.6 is 0 Å². The number of rotatable bonds is 7. The number of hydrogen-bond donors (Lipinski definition) is 1. The summed E-state index contributed by atoms with van der Waals surface area (Å²) >= 11 is 0. The van der Waals surface area contributed by atoms with Crippen molar-refractivity contribution in [3.05, 3.63) is 35.3 Å². The van der Waals surface area contributed by atoms with Crippen molar-refractivity contribution in [2.45, 2.75) is 71.4 Å². The van der Waals surface area contributed by atoms with Gasteiger partial charge >= 0.3 is 0 Å². The first kappa shape index (κ1) is 17.9. The smallest absolute Gasteiger partial charge is 0.255 e. The number of fused-ring (bicyclic) bond motifs is 1. The molecular weight excluding hydrogens is 314 g/mol. The molecule has 0 aliphatic heterocycles. The van der Waals surface area contributed by atoms with Crippen molar-refractivity contribution >= 4 is 11.6 Å². The van der Waals surface area contributed by atoms with Crippen molar-refractivity contribution in [2.24, 2.45) is 0 Å². The maximum Gasteiger partial charge on any atom is 0.255 e. The molecule has 1 aliphatic rings. The van der Waals surface area contributed by atoms with E-state index in [0.717, 1.165) is 49.3 Å². The van der Waals surface area contributed by atoms with E-state index in [-0.39, 0.29) is 18.1 Å². The number of nitrogens with one attached hydrogen (secondary N) is 1. The molecule has 0 radical (unpaired) electrons. The molecule has 2 heterocycles. The van der Waals surface area contributed by atoms with Crippen molar-refractivity contribution < 1.29 is 9.53 Å². The number of aryl methyl sites for hydroxylation is 2. The van der Waals surface area contributed by atoms with Gasteiger partial charge in [-0.3, -0.25) is 4.79 Å². The van der Waals surface area contributed by atoms with Crippen LogP contribution in [0.5, 0.6) is 0 Å². The highest BCUT2D eigenvalue weighted by Crippen LogP contribution is 2.23. The van der Waals surface area contributed by atoms with E-state index in [1.807, 2.05) is 36.6 Å². The fourth-order valence-corrected chi connectivity index (χ4v) is 3.66. The van der Waals surface area contributed by atoms with Crippen LogP contribution in [0.2, 0.25) is 0 Å². The van der Waals surface area contributed by atoms with Crippen LogP contribution in [-0.2, 0) is 4.74 Å². The van der Waals surface area contributed by atoms with Gasteiger partial charge in [-0.05, 0) is 51.7 Å². The third kappa shape index (κ3) is 4.21. The summed E-state index contributed by atoms with van der Waals surface area (Å²) in [5.74, 6) is -0.0309. The molecule has 0 spiro atoms. The van der Waals surface area contributed by atoms with E-state index in [1.54, 1.807) is 0 Å². The third-order valence-corrected chi connectivity index (χ3v) is 5.01. The second-order valence-corrected chi connectivity index (χ2v) is 7.15. The summed E-state index contributed by atoms with van der Waals surface area (Å²) in [6.45, 7) is 7.02. The number of hydrogen-bond acceptors (Lipinski definition) is 3. The Morgan fingerprint density at radius 1 is 1.36 bits per heavy atom. The van der Waals surface area contributed by atoms with E-state index in [4.69, 9.17) is 4.74 Å². The zero-order valence-electron chi connectivity index (χ0n) is 15.5. The van der Waals surface area contributed by atoms with Gasteiger partial charge in [0.05, 0.1) is 11.7 Å². The molecule has 1 saturated carbocycles. The van der Waals surface area contributed by atoms with E-state index in [1.165, 1.54) is 12.8 Å². The van der Waals surface area contributed by atoms with E-state index in [2.05, 4.69) is 17.2 Å². The van der Waals surface area contributed by atoms with E-state index >= 15 is 0 Å². The molecule has 1 fully saturated rings. The van der Waals surface area contributed by atoms with Crippen molar-refractivity contribution in [2.75, 3.05) is 6.61 Å². The van der Waals surface area contributed by atoms with Crippen LogP contribution in [0.1, 0.15) is 67.2 Å². The van der Waals surface area contributed by atoms with Crippen molar-refractivity contribution in [3.8, 4) is 0 Å². The predicted molar refractivity (Wildman–Crippen MR) is 99.0 cm³/mol. The van der Waals surface area contributed by atoms with E-state index in [0.29, 0.717) is 5.56 Å². The molecule has 2 aromatic rings. The fourth-order valence-electron chi connectivity index (χ4n) is 3.66. The molecule has 2 aromatic heterocycles. The van der Waals surface area contributed by atoms with Crippen LogP contribution in [0, 0.1) is 13.8 Å². The first-order valence-electron chi connectivity index (χ1n) is 9.46. The summed E-state index contributed by atoms with van der Waals surface area (Å²) in [6.07, 6.45) is 8.70. The Morgan fingerprint density at radius 2 is 2.20 bits per heavy atom. The SMILES string of the molecule is CCCCCO[C@H]1CC[C@@H](NC(=O)c2ccn3c(C)cc(C)nc23)C1. The van der Waals surface area contributed by atoms with Gasteiger partial charge in [0, 0.05) is 30.2 Å². The molecule has 1 aliphatic carbocycles. The van der Waals surface area contributed by atoms with Crippen LogP contribution in [0.25, 0.3) is 5.65 Å². The normalized spacial score (nSPS) is 20.3. The van der Waals surface area contributed by atoms with Gasteiger partial charge in [-0.2, -0.15) is 0 Å². The van der Waals surface area contributed by atoms with Crippen molar-refractivity contribution in [1.82, 2.24) is 14.7 Å². The van der Waals surface area contributed by atoms with Gasteiger partial charge in [0.25, 0.3) is 5.91 Å². The van der Waals surface area contributed by atoms with Crippen molar-refractivity contribution in [1.29, 1.82) is 0 Å². The maximum atomic E-state index is 12.7. The first-order chi connectivity index (χ1) is 12.1. The summed E-state index contributed by atoms with van der Waals surface area (Å²) in [6, 6.07) is 4.08. The minimum Gasteiger partial charge on any atom is -0.378 e. The summed E-state index contributed by atoms with van der Waals surface area (Å²) < 4.78 is 7.91. The van der Waals surface area contributed by atoms with Gasteiger partial charge in [-0.15, -0.1) is 0 Å². The standard InChI is InChI=1S/C20H29N3O2/c1-4-5-6-11-25-17-8-7-16(13-17)22-20(24)18-9-10-23-15(3)12-14(2)21-19(18)23/h9-10,12,16-17H,4-8,11,13H2,1-3H3,(H,22,24)/t16-,17+/m1/s1. The first-order valence-corrected chi connectivity index (χ1v) is 9.46. The number of nitrogens with zero attached hydrogens (tertiary/aromatic N) is 2. The lowest BCUT2D eigenvalue weighted by Gasteiger charge is -2.14. The predicted octanol–water partition coefficient (Wildman–Crippen LogP) is 3.81. The number of amides is 1. The Kier molecular flexibility index (Phi) is 5.74. The number of carbonyl (C=O) groups is 1. The van der Waals surface area contributed by atoms with E-state index < -0.39 is 0 Å². The quantitative estimate of drug-likeness (QED) is 0.778. The Labute approximate surface area is 149 Å². The number of unbranched alkanes of at least 4 members (excludes halogenated alkanes) is 2. The molecule has 0 aromatic carbocycles. The van der Waals surface area contributed by atoms with Crippen LogP contribution in [-0.4, -0.2) is 34.0 Å². The Hall–Kier alpha value is -1.88. The Balaban J connectivity index is 1.58. The zero-order chi connectivity index (χ0) is 17.8. The summed E-state index contributed by atoms with van der Waals surface area (Å²) in [4.78, 5) is 17.2. The topological polar surface area (TPSA) is 55.6 Å². The van der Waals surface area contributed by atoms with E-state index in [9.17, 15) is 4.79 Å².